The van der Waals surface area contributed by atoms with Crippen LogP contribution in [0.1, 0.15) is 37.2 Å². The van der Waals surface area contributed by atoms with Gasteiger partial charge in [-0.25, -0.2) is 4.98 Å². The summed E-state index contributed by atoms with van der Waals surface area (Å²) in [6, 6.07) is -0.132. The average Bonchev–Trinajstić information content (AvgIpc) is 3.17. The Morgan fingerprint density at radius 3 is 2.96 bits per heavy atom. The first kappa shape index (κ1) is 14.6. The first-order valence-electron chi connectivity index (χ1n) is 8.08. The summed E-state index contributed by atoms with van der Waals surface area (Å²) < 4.78 is 6.12. The van der Waals surface area contributed by atoms with Gasteiger partial charge in [0.05, 0.1) is 31.3 Å². The zero-order valence-corrected chi connectivity index (χ0v) is 13.3. The maximum Gasteiger partial charge on any atom is 0.274 e. The van der Waals surface area contributed by atoms with Crippen molar-refractivity contribution < 1.29 is 14.3 Å². The number of rotatable bonds is 2. The van der Waals surface area contributed by atoms with Crippen molar-refractivity contribution in [1.82, 2.24) is 19.8 Å². The van der Waals surface area contributed by atoms with Gasteiger partial charge in [-0.15, -0.1) is 0 Å². The monoisotopic (exact) mass is 316 g/mol. The molecular weight excluding hydrogens is 296 g/mol. The summed E-state index contributed by atoms with van der Waals surface area (Å²) >= 11 is 0. The van der Waals surface area contributed by atoms with Crippen LogP contribution in [-0.4, -0.2) is 62.5 Å². The number of ether oxygens (including phenoxy) is 1. The quantitative estimate of drug-likeness (QED) is 0.802. The Kier molecular flexibility index (Phi) is 3.16. The fraction of sp³-hybridized carbons (Fsp3) is 0.625. The zero-order valence-electron chi connectivity index (χ0n) is 13.3. The number of amides is 2. The highest BCUT2D eigenvalue weighted by atomic mass is 16.5. The molecule has 4 heterocycles. The van der Waals surface area contributed by atoms with Gasteiger partial charge < -0.3 is 14.5 Å². The second-order valence-electron chi connectivity index (χ2n) is 6.79. The Balaban J connectivity index is 1.65. The SMILES string of the molecule is CC(C)[C@@H]1CO[C@@]23CCN(C(=O)c4cnccn4)[C@@H]2CC(=O)N13. The van der Waals surface area contributed by atoms with Gasteiger partial charge in [-0.05, 0) is 5.92 Å². The minimum atomic E-state index is -0.635. The molecule has 0 radical (unpaired) electrons. The summed E-state index contributed by atoms with van der Waals surface area (Å²) in [5.74, 6) is 0.246. The molecule has 1 spiro atoms. The van der Waals surface area contributed by atoms with Crippen molar-refractivity contribution in [3.8, 4) is 0 Å². The molecule has 0 N–H and O–H groups in total. The van der Waals surface area contributed by atoms with Gasteiger partial charge in [0.15, 0.2) is 5.72 Å². The van der Waals surface area contributed by atoms with Gasteiger partial charge in [-0.1, -0.05) is 13.8 Å². The largest absolute Gasteiger partial charge is 0.351 e. The van der Waals surface area contributed by atoms with Crippen LogP contribution in [0, 0.1) is 5.92 Å². The molecule has 0 bridgehead atoms. The van der Waals surface area contributed by atoms with E-state index in [1.165, 1.54) is 18.6 Å². The van der Waals surface area contributed by atoms with E-state index in [1.807, 2.05) is 4.90 Å². The molecule has 0 saturated carbocycles. The second-order valence-corrected chi connectivity index (χ2v) is 6.79. The van der Waals surface area contributed by atoms with Crippen LogP contribution in [0.4, 0.5) is 0 Å². The lowest BCUT2D eigenvalue weighted by molar-refractivity contribution is -0.139. The molecule has 7 nitrogen and oxygen atoms in total. The van der Waals surface area contributed by atoms with Crippen LogP contribution in [-0.2, 0) is 9.53 Å². The third-order valence-electron chi connectivity index (χ3n) is 5.30. The Morgan fingerprint density at radius 2 is 2.26 bits per heavy atom. The minimum Gasteiger partial charge on any atom is -0.351 e. The molecule has 122 valence electrons. The molecule has 3 fully saturated rings. The highest BCUT2D eigenvalue weighted by Gasteiger charge is 2.65. The molecule has 23 heavy (non-hydrogen) atoms. The van der Waals surface area contributed by atoms with Crippen LogP contribution < -0.4 is 0 Å². The fourth-order valence-corrected chi connectivity index (χ4v) is 4.17. The van der Waals surface area contributed by atoms with Crippen LogP contribution in [0.5, 0.6) is 0 Å². The van der Waals surface area contributed by atoms with Crippen molar-refractivity contribution in [2.75, 3.05) is 13.2 Å². The van der Waals surface area contributed by atoms with Crippen molar-refractivity contribution in [2.24, 2.45) is 5.92 Å². The van der Waals surface area contributed by atoms with Crippen LogP contribution in [0.2, 0.25) is 0 Å². The number of aromatic nitrogens is 2. The number of carbonyl (C=O) groups excluding carboxylic acids is 2. The van der Waals surface area contributed by atoms with Crippen LogP contribution in [0.25, 0.3) is 0 Å². The molecule has 4 rings (SSSR count). The van der Waals surface area contributed by atoms with Crippen molar-refractivity contribution in [3.05, 3.63) is 24.3 Å². The number of carbonyl (C=O) groups is 2. The molecule has 3 aliphatic rings. The van der Waals surface area contributed by atoms with Gasteiger partial charge in [0.1, 0.15) is 5.69 Å². The predicted molar refractivity (Wildman–Crippen MR) is 80.2 cm³/mol. The predicted octanol–water partition coefficient (Wildman–Crippen LogP) is 0.674. The normalized spacial score (nSPS) is 32.6. The van der Waals surface area contributed by atoms with Gasteiger partial charge in [-0.3, -0.25) is 14.6 Å². The summed E-state index contributed by atoms with van der Waals surface area (Å²) in [5, 5.41) is 0. The highest BCUT2D eigenvalue weighted by molar-refractivity contribution is 5.94. The first-order chi connectivity index (χ1) is 11.0. The lowest BCUT2D eigenvalue weighted by Crippen LogP contribution is -2.51. The molecule has 3 aliphatic heterocycles. The molecule has 2 amide bonds. The summed E-state index contributed by atoms with van der Waals surface area (Å²) in [7, 11) is 0. The lowest BCUT2D eigenvalue weighted by atomic mass is 10.0. The average molecular weight is 316 g/mol. The van der Waals surface area contributed by atoms with E-state index in [-0.39, 0.29) is 23.9 Å². The van der Waals surface area contributed by atoms with Gasteiger partial charge in [-0.2, -0.15) is 0 Å². The van der Waals surface area contributed by atoms with Crippen molar-refractivity contribution >= 4 is 11.8 Å². The van der Waals surface area contributed by atoms with Crippen molar-refractivity contribution in [2.45, 2.75) is 44.5 Å². The van der Waals surface area contributed by atoms with Gasteiger partial charge in [0.25, 0.3) is 5.91 Å². The topological polar surface area (TPSA) is 75.6 Å². The maximum absolute atomic E-state index is 12.7. The molecular formula is C16H20N4O3. The number of hydrogen-bond acceptors (Lipinski definition) is 5. The Hall–Kier alpha value is -2.02. The summed E-state index contributed by atoms with van der Waals surface area (Å²) in [4.78, 5) is 37.0. The molecule has 0 aliphatic carbocycles. The number of nitrogens with zero attached hydrogens (tertiary/aromatic N) is 4. The van der Waals surface area contributed by atoms with E-state index >= 15 is 0 Å². The first-order valence-corrected chi connectivity index (χ1v) is 8.08. The van der Waals surface area contributed by atoms with E-state index in [0.717, 1.165) is 0 Å². The molecule has 0 unspecified atom stereocenters. The van der Waals surface area contributed by atoms with E-state index in [4.69, 9.17) is 4.74 Å². The van der Waals surface area contributed by atoms with E-state index < -0.39 is 5.72 Å². The Morgan fingerprint density at radius 1 is 1.43 bits per heavy atom. The Labute approximate surface area is 134 Å². The third kappa shape index (κ3) is 1.92. The van der Waals surface area contributed by atoms with Crippen LogP contribution in [0.15, 0.2) is 18.6 Å². The Bertz CT molecular complexity index is 650. The maximum atomic E-state index is 12.7. The molecule has 1 aromatic heterocycles. The molecule has 3 saturated heterocycles. The molecule has 3 atom stereocenters. The smallest absolute Gasteiger partial charge is 0.274 e. The molecule has 7 heteroatoms. The van der Waals surface area contributed by atoms with Gasteiger partial charge >= 0.3 is 0 Å². The fourth-order valence-electron chi connectivity index (χ4n) is 4.17. The standard InChI is InChI=1S/C16H20N4O3/c1-10(2)12-9-23-16-3-6-19(13(16)7-14(21)20(12)16)15(22)11-8-17-4-5-18-11/h4-5,8,10,12-13H,3,6-7,9H2,1-2H3/t12-,13+,16-/m0/s1. The second kappa shape index (κ2) is 4.99. The van der Waals surface area contributed by atoms with E-state index in [2.05, 4.69) is 23.8 Å². The van der Waals surface area contributed by atoms with Gasteiger partial charge in [0, 0.05) is 25.4 Å². The van der Waals surface area contributed by atoms with E-state index in [0.29, 0.717) is 37.6 Å². The van der Waals surface area contributed by atoms with Gasteiger partial charge in [0.2, 0.25) is 5.91 Å². The highest BCUT2D eigenvalue weighted by Crippen LogP contribution is 2.49. The summed E-state index contributed by atoms with van der Waals surface area (Å²) in [5.41, 5.74) is -0.321. The number of likely N-dealkylation sites (tertiary alicyclic amines) is 1. The summed E-state index contributed by atoms with van der Waals surface area (Å²) in [6.07, 6.45) is 5.50. The minimum absolute atomic E-state index is 0.0860. The summed E-state index contributed by atoms with van der Waals surface area (Å²) in [6.45, 7) is 5.33. The van der Waals surface area contributed by atoms with Crippen LogP contribution in [0.3, 0.4) is 0 Å². The molecule has 1 aromatic rings. The van der Waals surface area contributed by atoms with E-state index in [1.54, 1.807) is 4.90 Å². The lowest BCUT2D eigenvalue weighted by Gasteiger charge is -2.34. The van der Waals surface area contributed by atoms with Crippen LogP contribution >= 0.6 is 0 Å². The number of hydrogen-bond donors (Lipinski definition) is 0. The van der Waals surface area contributed by atoms with Crippen molar-refractivity contribution in [3.63, 3.8) is 0 Å². The molecule has 0 aromatic carbocycles. The van der Waals surface area contributed by atoms with E-state index in [9.17, 15) is 9.59 Å². The third-order valence-corrected chi connectivity index (χ3v) is 5.30. The van der Waals surface area contributed by atoms with Crippen molar-refractivity contribution in [1.29, 1.82) is 0 Å². The zero-order chi connectivity index (χ0) is 16.2.